The summed E-state index contributed by atoms with van der Waals surface area (Å²) in [5.74, 6) is -0.174. The van der Waals surface area contributed by atoms with Crippen LogP contribution in [0.2, 0.25) is 6.04 Å². The van der Waals surface area contributed by atoms with E-state index in [1.165, 1.54) is 6.08 Å². The van der Waals surface area contributed by atoms with Gasteiger partial charge >= 0.3 is 8.80 Å². The molecule has 1 atom stereocenters. The van der Waals surface area contributed by atoms with Gasteiger partial charge in [-0.05, 0) is 19.4 Å². The van der Waals surface area contributed by atoms with E-state index in [0.717, 1.165) is 6.42 Å². The van der Waals surface area contributed by atoms with Gasteiger partial charge in [-0.1, -0.05) is 6.58 Å². The maximum absolute atomic E-state index is 11.0. The molecule has 0 bridgehead atoms. The molecule has 0 saturated heterocycles. The number of hydrogen-bond acceptors (Lipinski definition) is 4. The average Bonchev–Trinajstić information content (AvgIpc) is 2.31. The molecule has 6 heteroatoms. The van der Waals surface area contributed by atoms with Crippen molar-refractivity contribution in [2.45, 2.75) is 25.4 Å². The lowest BCUT2D eigenvalue weighted by Gasteiger charge is -2.25. The molecule has 0 fully saturated rings. The first-order chi connectivity index (χ1) is 7.53. The Morgan fingerprint density at radius 1 is 1.38 bits per heavy atom. The second kappa shape index (κ2) is 7.56. The summed E-state index contributed by atoms with van der Waals surface area (Å²) in [5, 5.41) is 2.77. The fourth-order valence-corrected chi connectivity index (χ4v) is 3.22. The Morgan fingerprint density at radius 3 is 2.25 bits per heavy atom. The highest BCUT2D eigenvalue weighted by Gasteiger charge is 2.37. The van der Waals surface area contributed by atoms with E-state index in [9.17, 15) is 4.79 Å². The third-order valence-corrected chi connectivity index (χ3v) is 5.16. The SMILES string of the molecule is C=CC(=O)NC(C)CC[Si](OC)(OC)OC. The van der Waals surface area contributed by atoms with Crippen LogP contribution in [0.1, 0.15) is 13.3 Å². The van der Waals surface area contributed by atoms with E-state index in [0.29, 0.717) is 6.04 Å². The Labute approximate surface area is 98.1 Å². The first kappa shape index (κ1) is 15.3. The lowest BCUT2D eigenvalue weighted by molar-refractivity contribution is -0.117. The van der Waals surface area contributed by atoms with Crippen LogP contribution in [0.25, 0.3) is 0 Å². The fourth-order valence-electron chi connectivity index (χ4n) is 1.32. The van der Waals surface area contributed by atoms with E-state index < -0.39 is 8.80 Å². The van der Waals surface area contributed by atoms with Gasteiger partial charge in [-0.15, -0.1) is 0 Å². The van der Waals surface area contributed by atoms with E-state index in [4.69, 9.17) is 13.3 Å². The summed E-state index contributed by atoms with van der Waals surface area (Å²) in [4.78, 5) is 11.0. The second-order valence-corrected chi connectivity index (χ2v) is 6.54. The summed E-state index contributed by atoms with van der Waals surface area (Å²) in [5.41, 5.74) is 0. The molecular weight excluding hydrogens is 226 g/mol. The zero-order valence-corrected chi connectivity index (χ0v) is 11.4. The maximum Gasteiger partial charge on any atom is 0.500 e. The standard InChI is InChI=1S/C10H21NO4Si/c1-6-10(12)11-9(2)7-8-16(13-3,14-4)15-5/h6,9H,1,7-8H2,2-5H3,(H,11,12). The van der Waals surface area contributed by atoms with Crippen molar-refractivity contribution in [2.75, 3.05) is 21.3 Å². The van der Waals surface area contributed by atoms with Crippen molar-refractivity contribution in [1.29, 1.82) is 0 Å². The van der Waals surface area contributed by atoms with Crippen LogP contribution >= 0.6 is 0 Å². The first-order valence-electron chi connectivity index (χ1n) is 5.12. The molecule has 5 nitrogen and oxygen atoms in total. The van der Waals surface area contributed by atoms with Crippen LogP contribution < -0.4 is 5.32 Å². The van der Waals surface area contributed by atoms with Crippen molar-refractivity contribution in [3.63, 3.8) is 0 Å². The van der Waals surface area contributed by atoms with Gasteiger partial charge in [0.25, 0.3) is 0 Å². The smallest absolute Gasteiger partial charge is 0.377 e. The quantitative estimate of drug-likeness (QED) is 0.512. The minimum absolute atomic E-state index is 0.0397. The molecule has 0 aromatic carbocycles. The summed E-state index contributed by atoms with van der Waals surface area (Å²) in [6.45, 7) is 5.31. The van der Waals surface area contributed by atoms with Crippen molar-refractivity contribution in [1.82, 2.24) is 5.32 Å². The number of amides is 1. The van der Waals surface area contributed by atoms with Crippen molar-refractivity contribution >= 4 is 14.7 Å². The van der Waals surface area contributed by atoms with Crippen molar-refractivity contribution in [3.8, 4) is 0 Å². The summed E-state index contributed by atoms with van der Waals surface area (Å²) < 4.78 is 15.8. The fraction of sp³-hybridized carbons (Fsp3) is 0.700. The van der Waals surface area contributed by atoms with Crippen LogP contribution in [0.5, 0.6) is 0 Å². The molecule has 1 N–H and O–H groups in total. The van der Waals surface area contributed by atoms with Gasteiger partial charge in [-0.3, -0.25) is 4.79 Å². The predicted octanol–water partition coefficient (Wildman–Crippen LogP) is 0.945. The highest BCUT2D eigenvalue weighted by atomic mass is 28.4. The zero-order valence-electron chi connectivity index (χ0n) is 10.4. The highest BCUT2D eigenvalue weighted by Crippen LogP contribution is 2.16. The van der Waals surface area contributed by atoms with Crippen LogP contribution in [0, 0.1) is 0 Å². The Bertz CT molecular complexity index is 223. The van der Waals surface area contributed by atoms with Gasteiger partial charge in [-0.2, -0.15) is 0 Å². The summed E-state index contributed by atoms with van der Waals surface area (Å²) >= 11 is 0. The Morgan fingerprint density at radius 2 is 1.88 bits per heavy atom. The van der Waals surface area contributed by atoms with Gasteiger partial charge in [0, 0.05) is 33.4 Å². The molecule has 0 aliphatic carbocycles. The van der Waals surface area contributed by atoms with Gasteiger partial charge < -0.3 is 18.6 Å². The lowest BCUT2D eigenvalue weighted by atomic mass is 10.2. The van der Waals surface area contributed by atoms with Gasteiger partial charge in [0.05, 0.1) is 0 Å². The number of rotatable bonds is 8. The van der Waals surface area contributed by atoms with Crippen molar-refractivity contribution in [3.05, 3.63) is 12.7 Å². The van der Waals surface area contributed by atoms with Crippen LogP contribution in [-0.2, 0) is 18.1 Å². The van der Waals surface area contributed by atoms with Gasteiger partial charge in [0.2, 0.25) is 5.91 Å². The molecular formula is C10H21NO4Si. The minimum atomic E-state index is -2.52. The summed E-state index contributed by atoms with van der Waals surface area (Å²) in [6.07, 6.45) is 1.99. The van der Waals surface area contributed by atoms with Crippen molar-refractivity contribution < 1.29 is 18.1 Å². The van der Waals surface area contributed by atoms with Crippen LogP contribution in [0.3, 0.4) is 0 Å². The molecule has 0 aromatic rings. The Hall–Kier alpha value is -0.693. The number of nitrogens with one attached hydrogen (secondary N) is 1. The molecule has 94 valence electrons. The predicted molar refractivity (Wildman–Crippen MR) is 64.0 cm³/mol. The Kier molecular flexibility index (Phi) is 7.23. The van der Waals surface area contributed by atoms with E-state index >= 15 is 0 Å². The summed E-state index contributed by atoms with van der Waals surface area (Å²) in [6, 6.07) is 0.701. The molecule has 0 saturated carbocycles. The van der Waals surface area contributed by atoms with E-state index in [1.807, 2.05) is 6.92 Å². The molecule has 0 aliphatic heterocycles. The van der Waals surface area contributed by atoms with Crippen LogP contribution in [0.15, 0.2) is 12.7 Å². The van der Waals surface area contributed by atoms with E-state index in [2.05, 4.69) is 11.9 Å². The largest absolute Gasteiger partial charge is 0.500 e. The first-order valence-corrected chi connectivity index (χ1v) is 7.05. The van der Waals surface area contributed by atoms with Gasteiger partial charge in [0.1, 0.15) is 0 Å². The molecule has 0 radical (unpaired) electrons. The number of carbonyl (C=O) groups is 1. The molecule has 0 aliphatic rings. The third-order valence-electron chi connectivity index (χ3n) is 2.39. The lowest BCUT2D eigenvalue weighted by Crippen LogP contribution is -2.44. The molecule has 0 rings (SSSR count). The number of carbonyl (C=O) groups excluding carboxylic acids is 1. The van der Waals surface area contributed by atoms with Crippen molar-refractivity contribution in [2.24, 2.45) is 0 Å². The highest BCUT2D eigenvalue weighted by molar-refractivity contribution is 6.60. The number of hydrogen-bond donors (Lipinski definition) is 1. The molecule has 0 aromatic heterocycles. The molecule has 1 amide bonds. The second-order valence-electron chi connectivity index (χ2n) is 3.45. The van der Waals surface area contributed by atoms with Crippen LogP contribution in [0.4, 0.5) is 0 Å². The third kappa shape index (κ3) is 4.89. The molecule has 0 spiro atoms. The normalized spacial score (nSPS) is 13.2. The zero-order chi connectivity index (χ0) is 12.6. The minimum Gasteiger partial charge on any atom is -0.377 e. The van der Waals surface area contributed by atoms with Gasteiger partial charge in [0.15, 0.2) is 0 Å². The average molecular weight is 247 g/mol. The van der Waals surface area contributed by atoms with Gasteiger partial charge in [-0.25, -0.2) is 0 Å². The van der Waals surface area contributed by atoms with E-state index in [-0.39, 0.29) is 11.9 Å². The molecule has 0 heterocycles. The van der Waals surface area contributed by atoms with Crippen LogP contribution in [-0.4, -0.2) is 42.1 Å². The topological polar surface area (TPSA) is 56.8 Å². The molecule has 16 heavy (non-hydrogen) atoms. The Balaban J connectivity index is 4.10. The summed E-state index contributed by atoms with van der Waals surface area (Å²) in [7, 11) is 2.21. The van der Waals surface area contributed by atoms with E-state index in [1.54, 1.807) is 21.3 Å². The maximum atomic E-state index is 11.0. The molecule has 1 unspecified atom stereocenters. The monoisotopic (exact) mass is 247 g/mol.